The van der Waals surface area contributed by atoms with Crippen LogP contribution in [-0.4, -0.2) is 11.1 Å². The number of carbonyl (C=O) groups is 1. The molecule has 0 atom stereocenters. The third-order valence-electron chi connectivity index (χ3n) is 1.67. The number of rotatable bonds is 3. The van der Waals surface area contributed by atoms with Gasteiger partial charge in [-0.15, -0.1) is 0 Å². The van der Waals surface area contributed by atoms with Gasteiger partial charge < -0.3 is 9.84 Å². The lowest BCUT2D eigenvalue weighted by Crippen LogP contribution is -2.02. The molecule has 0 aliphatic carbocycles. The van der Waals surface area contributed by atoms with Gasteiger partial charge in [0.05, 0.1) is 0 Å². The van der Waals surface area contributed by atoms with Crippen LogP contribution in [0.3, 0.4) is 0 Å². The minimum atomic E-state index is -0.261. The van der Waals surface area contributed by atoms with E-state index in [1.165, 1.54) is 0 Å². The molecule has 0 bridgehead atoms. The Morgan fingerprint density at radius 3 is 2.77 bits per heavy atom. The normalized spacial score (nSPS) is 9.62. The standard InChI is InChI=1S/C10H12O3/c1-2-10(12)13-7-8-5-3-4-6-9(8)11/h3-6,11H,2,7H2,1H3. The molecule has 1 aromatic carbocycles. The number of benzene rings is 1. The average Bonchev–Trinajstić information content (AvgIpc) is 2.16. The molecule has 0 amide bonds. The zero-order valence-corrected chi connectivity index (χ0v) is 7.49. The summed E-state index contributed by atoms with van der Waals surface area (Å²) in [6.45, 7) is 1.87. The van der Waals surface area contributed by atoms with Crippen LogP contribution in [0.25, 0.3) is 0 Å². The SMILES string of the molecule is CCC(=O)OCc1ccccc1O. The van der Waals surface area contributed by atoms with Gasteiger partial charge >= 0.3 is 5.97 Å². The lowest BCUT2D eigenvalue weighted by atomic mass is 10.2. The van der Waals surface area contributed by atoms with Gasteiger partial charge in [0.15, 0.2) is 0 Å². The Labute approximate surface area is 77.0 Å². The third kappa shape index (κ3) is 2.78. The van der Waals surface area contributed by atoms with Crippen LogP contribution in [0.15, 0.2) is 24.3 Å². The summed E-state index contributed by atoms with van der Waals surface area (Å²) >= 11 is 0. The fourth-order valence-corrected chi connectivity index (χ4v) is 0.893. The van der Waals surface area contributed by atoms with E-state index >= 15 is 0 Å². The third-order valence-corrected chi connectivity index (χ3v) is 1.67. The minimum Gasteiger partial charge on any atom is -0.508 e. The van der Waals surface area contributed by atoms with E-state index in [-0.39, 0.29) is 18.3 Å². The van der Waals surface area contributed by atoms with Crippen molar-refractivity contribution in [2.24, 2.45) is 0 Å². The van der Waals surface area contributed by atoms with Gasteiger partial charge in [0.2, 0.25) is 0 Å². The molecule has 0 aliphatic heterocycles. The van der Waals surface area contributed by atoms with Crippen LogP contribution < -0.4 is 0 Å². The van der Waals surface area contributed by atoms with Gasteiger partial charge in [-0.3, -0.25) is 4.79 Å². The van der Waals surface area contributed by atoms with Gasteiger partial charge in [0.25, 0.3) is 0 Å². The predicted molar refractivity (Wildman–Crippen MR) is 48.2 cm³/mol. The first kappa shape index (κ1) is 9.58. The summed E-state index contributed by atoms with van der Waals surface area (Å²) in [7, 11) is 0. The van der Waals surface area contributed by atoms with Crippen molar-refractivity contribution < 1.29 is 14.6 Å². The Morgan fingerprint density at radius 2 is 2.15 bits per heavy atom. The molecule has 0 unspecified atom stereocenters. The van der Waals surface area contributed by atoms with Crippen molar-refractivity contribution in [3.05, 3.63) is 29.8 Å². The van der Waals surface area contributed by atoms with E-state index in [2.05, 4.69) is 0 Å². The van der Waals surface area contributed by atoms with Crippen LogP contribution >= 0.6 is 0 Å². The first-order valence-corrected chi connectivity index (χ1v) is 4.16. The number of ether oxygens (including phenoxy) is 1. The van der Waals surface area contributed by atoms with Gasteiger partial charge in [-0.25, -0.2) is 0 Å². The van der Waals surface area contributed by atoms with Gasteiger partial charge in [0.1, 0.15) is 12.4 Å². The first-order valence-electron chi connectivity index (χ1n) is 4.16. The van der Waals surface area contributed by atoms with Gasteiger partial charge in [0, 0.05) is 12.0 Å². The maximum Gasteiger partial charge on any atom is 0.305 e. The summed E-state index contributed by atoms with van der Waals surface area (Å²) in [6.07, 6.45) is 0.355. The van der Waals surface area contributed by atoms with Crippen LogP contribution in [-0.2, 0) is 16.1 Å². The number of carbonyl (C=O) groups excluding carboxylic acids is 1. The van der Waals surface area contributed by atoms with E-state index in [0.717, 1.165) is 0 Å². The van der Waals surface area contributed by atoms with E-state index < -0.39 is 0 Å². The molecular weight excluding hydrogens is 168 g/mol. The molecule has 0 spiro atoms. The van der Waals surface area contributed by atoms with Crippen molar-refractivity contribution in [1.82, 2.24) is 0 Å². The number of aromatic hydroxyl groups is 1. The zero-order chi connectivity index (χ0) is 9.68. The predicted octanol–water partition coefficient (Wildman–Crippen LogP) is 1.85. The molecule has 70 valence electrons. The molecule has 0 aromatic heterocycles. The van der Waals surface area contributed by atoms with Crippen molar-refractivity contribution in [3.63, 3.8) is 0 Å². The van der Waals surface area contributed by atoms with Crippen molar-refractivity contribution in [2.75, 3.05) is 0 Å². The number of hydrogen-bond acceptors (Lipinski definition) is 3. The Kier molecular flexibility index (Phi) is 3.31. The second kappa shape index (κ2) is 4.50. The summed E-state index contributed by atoms with van der Waals surface area (Å²) in [4.78, 5) is 10.8. The molecule has 0 saturated heterocycles. The topological polar surface area (TPSA) is 46.5 Å². The summed E-state index contributed by atoms with van der Waals surface area (Å²) in [5, 5.41) is 9.30. The molecule has 0 aliphatic rings. The maximum absolute atomic E-state index is 10.8. The van der Waals surface area contributed by atoms with Crippen molar-refractivity contribution in [3.8, 4) is 5.75 Å². The summed E-state index contributed by atoms with van der Waals surface area (Å²) in [5.74, 6) is -0.102. The van der Waals surface area contributed by atoms with Gasteiger partial charge in [-0.1, -0.05) is 25.1 Å². The van der Waals surface area contributed by atoms with Crippen LogP contribution in [0, 0.1) is 0 Å². The van der Waals surface area contributed by atoms with Crippen LogP contribution in [0.1, 0.15) is 18.9 Å². The minimum absolute atomic E-state index is 0.138. The Hall–Kier alpha value is -1.51. The maximum atomic E-state index is 10.8. The van der Waals surface area contributed by atoms with Crippen LogP contribution in [0.2, 0.25) is 0 Å². The second-order valence-corrected chi connectivity index (χ2v) is 2.64. The monoisotopic (exact) mass is 180 g/mol. The molecule has 0 saturated carbocycles. The Balaban J connectivity index is 2.54. The van der Waals surface area contributed by atoms with Crippen LogP contribution in [0.5, 0.6) is 5.75 Å². The molecule has 1 rings (SSSR count). The van der Waals surface area contributed by atoms with E-state index in [0.29, 0.717) is 12.0 Å². The number of esters is 1. The molecule has 0 heterocycles. The lowest BCUT2D eigenvalue weighted by molar-refractivity contribution is -0.144. The number of hydrogen-bond donors (Lipinski definition) is 1. The second-order valence-electron chi connectivity index (χ2n) is 2.64. The zero-order valence-electron chi connectivity index (χ0n) is 7.49. The van der Waals surface area contributed by atoms with Crippen LogP contribution in [0.4, 0.5) is 0 Å². The van der Waals surface area contributed by atoms with E-state index in [4.69, 9.17) is 4.74 Å². The Morgan fingerprint density at radius 1 is 1.46 bits per heavy atom. The fourth-order valence-electron chi connectivity index (χ4n) is 0.893. The van der Waals surface area contributed by atoms with Crippen molar-refractivity contribution >= 4 is 5.97 Å². The first-order chi connectivity index (χ1) is 6.24. The highest BCUT2D eigenvalue weighted by Gasteiger charge is 2.02. The molecule has 3 nitrogen and oxygen atoms in total. The number of para-hydroxylation sites is 1. The molecule has 1 aromatic rings. The summed E-state index contributed by atoms with van der Waals surface area (Å²) < 4.78 is 4.86. The highest BCUT2D eigenvalue weighted by atomic mass is 16.5. The van der Waals surface area contributed by atoms with Gasteiger partial charge in [-0.2, -0.15) is 0 Å². The molecule has 0 radical (unpaired) electrons. The van der Waals surface area contributed by atoms with E-state index in [9.17, 15) is 9.90 Å². The highest BCUT2D eigenvalue weighted by molar-refractivity contribution is 5.68. The number of phenols is 1. The molecule has 1 N–H and O–H groups in total. The average molecular weight is 180 g/mol. The van der Waals surface area contributed by atoms with Crippen molar-refractivity contribution in [2.45, 2.75) is 20.0 Å². The smallest absolute Gasteiger partial charge is 0.305 e. The molecule has 13 heavy (non-hydrogen) atoms. The molecule has 3 heteroatoms. The number of phenolic OH excluding ortho intramolecular Hbond substituents is 1. The highest BCUT2D eigenvalue weighted by Crippen LogP contribution is 2.16. The molecule has 0 fully saturated rings. The van der Waals surface area contributed by atoms with Gasteiger partial charge in [-0.05, 0) is 6.07 Å². The lowest BCUT2D eigenvalue weighted by Gasteiger charge is -2.04. The summed E-state index contributed by atoms with van der Waals surface area (Å²) in [6, 6.07) is 6.79. The van der Waals surface area contributed by atoms with E-state index in [1.54, 1.807) is 31.2 Å². The quantitative estimate of drug-likeness (QED) is 0.722. The fraction of sp³-hybridized carbons (Fsp3) is 0.300. The largest absolute Gasteiger partial charge is 0.508 e. The summed E-state index contributed by atoms with van der Waals surface area (Å²) in [5.41, 5.74) is 0.629. The van der Waals surface area contributed by atoms with E-state index in [1.807, 2.05) is 0 Å². The molecular formula is C10H12O3. The van der Waals surface area contributed by atoms with Crippen molar-refractivity contribution in [1.29, 1.82) is 0 Å². The Bertz CT molecular complexity index is 294.